The van der Waals surface area contributed by atoms with E-state index >= 15 is 0 Å². The summed E-state index contributed by atoms with van der Waals surface area (Å²) in [6, 6.07) is 2.21. The van der Waals surface area contributed by atoms with Gasteiger partial charge in [0.1, 0.15) is 5.69 Å². The van der Waals surface area contributed by atoms with Crippen LogP contribution in [0.4, 0.5) is 0 Å². The monoisotopic (exact) mass is 304 g/mol. The highest BCUT2D eigenvalue weighted by Gasteiger charge is 2.26. The van der Waals surface area contributed by atoms with Crippen molar-refractivity contribution in [3.8, 4) is 11.6 Å². The maximum Gasteiger partial charge on any atom is 0.276 e. The summed E-state index contributed by atoms with van der Waals surface area (Å²) in [6.45, 7) is 9.94. The molecule has 1 atom stereocenters. The van der Waals surface area contributed by atoms with Crippen molar-refractivity contribution in [2.24, 2.45) is 0 Å². The molecule has 120 valence electrons. The molecule has 2 aromatic rings. The predicted molar refractivity (Wildman–Crippen MR) is 83.5 cm³/mol. The molecule has 1 fully saturated rings. The van der Waals surface area contributed by atoms with Crippen molar-refractivity contribution in [2.45, 2.75) is 39.3 Å². The lowest BCUT2D eigenvalue weighted by molar-refractivity contribution is 0.190. The molecule has 0 aromatic carbocycles. The number of aryl methyl sites for hydroxylation is 1. The fraction of sp³-hybridized carbons (Fsp3) is 0.667. The van der Waals surface area contributed by atoms with Crippen LogP contribution in [-0.4, -0.2) is 51.5 Å². The van der Waals surface area contributed by atoms with E-state index in [1.54, 1.807) is 0 Å². The standard InChI is InChI=1S/C15H24N6O/c1-5-21-12(8-11(18-21)10(2)3)15-17-14(19-22-15)13-9-16-6-7-20(13)4/h8,10,13,16H,5-7,9H2,1-4H3. The smallest absolute Gasteiger partial charge is 0.276 e. The van der Waals surface area contributed by atoms with E-state index in [0.717, 1.165) is 43.4 Å². The molecule has 7 heteroatoms. The molecule has 0 spiro atoms. The summed E-state index contributed by atoms with van der Waals surface area (Å²) in [5.41, 5.74) is 1.95. The minimum absolute atomic E-state index is 0.161. The van der Waals surface area contributed by atoms with Crippen molar-refractivity contribution in [1.82, 2.24) is 30.1 Å². The third-order valence-electron chi connectivity index (χ3n) is 4.16. The molecule has 0 bridgehead atoms. The Labute approximate surface area is 130 Å². The lowest BCUT2D eigenvalue weighted by atomic mass is 10.1. The van der Waals surface area contributed by atoms with Crippen molar-refractivity contribution >= 4 is 0 Å². The molecule has 22 heavy (non-hydrogen) atoms. The highest BCUT2D eigenvalue weighted by atomic mass is 16.5. The van der Waals surface area contributed by atoms with Crippen LogP contribution in [-0.2, 0) is 6.54 Å². The van der Waals surface area contributed by atoms with Crippen LogP contribution in [0.25, 0.3) is 11.6 Å². The van der Waals surface area contributed by atoms with Crippen LogP contribution in [0.15, 0.2) is 10.6 Å². The molecular weight excluding hydrogens is 280 g/mol. The molecule has 2 aromatic heterocycles. The summed E-state index contributed by atoms with van der Waals surface area (Å²) < 4.78 is 7.44. The van der Waals surface area contributed by atoms with Crippen LogP contribution in [0.3, 0.4) is 0 Å². The molecular formula is C15H24N6O. The number of likely N-dealkylation sites (N-methyl/N-ethyl adjacent to an activating group) is 1. The summed E-state index contributed by atoms with van der Waals surface area (Å²) in [4.78, 5) is 6.87. The van der Waals surface area contributed by atoms with Crippen LogP contribution < -0.4 is 5.32 Å². The fourth-order valence-corrected chi connectivity index (χ4v) is 2.70. The van der Waals surface area contributed by atoms with Gasteiger partial charge in [-0.1, -0.05) is 19.0 Å². The zero-order chi connectivity index (χ0) is 15.7. The number of rotatable bonds is 4. The molecule has 3 heterocycles. The van der Waals surface area contributed by atoms with E-state index in [1.807, 2.05) is 10.7 Å². The van der Waals surface area contributed by atoms with Gasteiger partial charge in [-0.3, -0.25) is 9.58 Å². The molecule has 0 radical (unpaired) electrons. The van der Waals surface area contributed by atoms with Gasteiger partial charge in [-0.2, -0.15) is 10.1 Å². The van der Waals surface area contributed by atoms with E-state index in [1.165, 1.54) is 0 Å². The van der Waals surface area contributed by atoms with E-state index < -0.39 is 0 Å². The van der Waals surface area contributed by atoms with E-state index in [-0.39, 0.29) is 6.04 Å². The summed E-state index contributed by atoms with van der Waals surface area (Å²) in [6.07, 6.45) is 0. The highest BCUT2D eigenvalue weighted by Crippen LogP contribution is 2.25. The normalized spacial score (nSPS) is 20.0. The Morgan fingerprint density at radius 2 is 2.27 bits per heavy atom. The average molecular weight is 304 g/mol. The second-order valence-electron chi connectivity index (χ2n) is 6.08. The van der Waals surface area contributed by atoms with Crippen LogP contribution in [0.2, 0.25) is 0 Å². The number of hydrogen-bond donors (Lipinski definition) is 1. The Kier molecular flexibility index (Phi) is 4.26. The SMILES string of the molecule is CCn1nc(C(C)C)cc1-c1nc(C2CNCCN2C)no1. The van der Waals surface area contributed by atoms with Crippen LogP contribution in [0, 0.1) is 0 Å². The van der Waals surface area contributed by atoms with Crippen molar-refractivity contribution < 1.29 is 4.52 Å². The number of aromatic nitrogens is 4. The molecule has 1 saturated heterocycles. The molecule has 3 rings (SSSR count). The van der Waals surface area contributed by atoms with Gasteiger partial charge in [0, 0.05) is 26.2 Å². The first-order valence-electron chi connectivity index (χ1n) is 7.92. The Balaban J connectivity index is 1.90. The Morgan fingerprint density at radius 1 is 1.45 bits per heavy atom. The third kappa shape index (κ3) is 2.78. The van der Waals surface area contributed by atoms with Gasteiger partial charge in [-0.15, -0.1) is 0 Å². The van der Waals surface area contributed by atoms with Crippen molar-refractivity contribution in [3.05, 3.63) is 17.6 Å². The Bertz CT molecular complexity index is 632. The minimum Gasteiger partial charge on any atom is -0.332 e. The van der Waals surface area contributed by atoms with Gasteiger partial charge in [-0.05, 0) is 26.0 Å². The molecule has 1 unspecified atom stereocenters. The van der Waals surface area contributed by atoms with Crippen molar-refractivity contribution in [2.75, 3.05) is 26.7 Å². The summed E-state index contributed by atoms with van der Waals surface area (Å²) >= 11 is 0. The molecule has 1 aliphatic rings. The van der Waals surface area contributed by atoms with Gasteiger partial charge in [-0.25, -0.2) is 0 Å². The zero-order valence-electron chi connectivity index (χ0n) is 13.7. The zero-order valence-corrected chi connectivity index (χ0v) is 13.7. The number of hydrogen-bond acceptors (Lipinski definition) is 6. The molecule has 0 aliphatic carbocycles. The van der Waals surface area contributed by atoms with Crippen LogP contribution in [0.1, 0.15) is 44.2 Å². The average Bonchev–Trinajstić information content (AvgIpc) is 3.14. The fourth-order valence-electron chi connectivity index (χ4n) is 2.70. The number of nitrogens with zero attached hydrogens (tertiary/aromatic N) is 5. The van der Waals surface area contributed by atoms with E-state index in [0.29, 0.717) is 11.8 Å². The van der Waals surface area contributed by atoms with E-state index in [2.05, 4.69) is 53.3 Å². The second kappa shape index (κ2) is 6.18. The van der Waals surface area contributed by atoms with Crippen LogP contribution >= 0.6 is 0 Å². The minimum atomic E-state index is 0.161. The maximum absolute atomic E-state index is 5.51. The Hall–Kier alpha value is -1.73. The number of nitrogens with one attached hydrogen (secondary N) is 1. The lowest BCUT2D eigenvalue weighted by Gasteiger charge is -2.30. The summed E-state index contributed by atoms with van der Waals surface area (Å²) in [7, 11) is 2.09. The largest absolute Gasteiger partial charge is 0.332 e. The van der Waals surface area contributed by atoms with Crippen molar-refractivity contribution in [3.63, 3.8) is 0 Å². The van der Waals surface area contributed by atoms with Gasteiger partial charge in [0.05, 0.1) is 11.7 Å². The first-order chi connectivity index (χ1) is 10.6. The summed E-state index contributed by atoms with van der Waals surface area (Å²) in [5, 5.41) is 12.2. The topological polar surface area (TPSA) is 72.0 Å². The quantitative estimate of drug-likeness (QED) is 0.926. The molecule has 0 saturated carbocycles. The van der Waals surface area contributed by atoms with Gasteiger partial charge >= 0.3 is 0 Å². The maximum atomic E-state index is 5.51. The second-order valence-corrected chi connectivity index (χ2v) is 6.08. The molecule has 1 aliphatic heterocycles. The molecule has 1 N–H and O–H groups in total. The first-order valence-corrected chi connectivity index (χ1v) is 7.92. The molecule has 7 nitrogen and oxygen atoms in total. The lowest BCUT2D eigenvalue weighted by Crippen LogP contribution is -2.44. The van der Waals surface area contributed by atoms with E-state index in [4.69, 9.17) is 4.52 Å². The first kappa shape index (κ1) is 15.2. The number of piperazine rings is 1. The molecule has 0 amide bonds. The third-order valence-corrected chi connectivity index (χ3v) is 4.16. The van der Waals surface area contributed by atoms with Gasteiger partial charge < -0.3 is 9.84 Å². The highest BCUT2D eigenvalue weighted by molar-refractivity contribution is 5.48. The van der Waals surface area contributed by atoms with Gasteiger partial charge in [0.25, 0.3) is 5.89 Å². The van der Waals surface area contributed by atoms with E-state index in [9.17, 15) is 0 Å². The predicted octanol–water partition coefficient (Wildman–Crippen LogP) is 1.65. The Morgan fingerprint density at radius 3 is 2.95 bits per heavy atom. The van der Waals surface area contributed by atoms with Crippen LogP contribution in [0.5, 0.6) is 0 Å². The van der Waals surface area contributed by atoms with Gasteiger partial charge in [0.2, 0.25) is 0 Å². The van der Waals surface area contributed by atoms with Gasteiger partial charge in [0.15, 0.2) is 5.82 Å². The summed E-state index contributed by atoms with van der Waals surface area (Å²) in [5.74, 6) is 1.66. The van der Waals surface area contributed by atoms with Crippen molar-refractivity contribution in [1.29, 1.82) is 0 Å².